The van der Waals surface area contributed by atoms with Gasteiger partial charge >= 0.3 is 0 Å². The van der Waals surface area contributed by atoms with E-state index < -0.39 is 20.8 Å². The minimum Gasteiger partial charge on any atom is -0.258 e. The number of nitrogens with zero attached hydrogens (tertiary/aromatic N) is 4. The largest absolute Gasteiger partial charge is 0.269 e. The average Bonchev–Trinajstić information content (AvgIpc) is 2.97. The van der Waals surface area contributed by atoms with Crippen LogP contribution in [0.25, 0.3) is 0 Å². The van der Waals surface area contributed by atoms with Gasteiger partial charge in [-0.05, 0) is 29.8 Å². The molecule has 0 aliphatic carbocycles. The van der Waals surface area contributed by atoms with Crippen LogP contribution < -0.4 is 4.41 Å². The second-order valence-electron chi connectivity index (χ2n) is 4.86. The molecule has 3 rings (SSSR count). The molecule has 1 aliphatic rings. The second kappa shape index (κ2) is 6.16. The summed E-state index contributed by atoms with van der Waals surface area (Å²) in [6.07, 6.45) is 0. The van der Waals surface area contributed by atoms with Crippen LogP contribution in [0, 0.1) is 20.2 Å². The van der Waals surface area contributed by atoms with E-state index in [9.17, 15) is 24.4 Å². The third-order valence-corrected chi connectivity index (χ3v) is 4.56. The van der Waals surface area contributed by atoms with Crippen molar-refractivity contribution < 1.29 is 14.1 Å². The zero-order chi connectivity index (χ0) is 17.3. The van der Waals surface area contributed by atoms with Gasteiger partial charge in [0.25, 0.3) is 11.4 Å². The highest BCUT2D eigenvalue weighted by molar-refractivity contribution is 7.87. The van der Waals surface area contributed by atoms with Gasteiger partial charge in [-0.3, -0.25) is 20.2 Å². The van der Waals surface area contributed by atoms with Crippen LogP contribution in [-0.4, -0.2) is 25.5 Å². The maximum atomic E-state index is 12.2. The highest BCUT2D eigenvalue weighted by Crippen LogP contribution is 2.25. The molecule has 0 aromatic heterocycles. The normalized spacial score (nSPS) is 16.8. The highest BCUT2D eigenvalue weighted by atomic mass is 32.2. The molecule has 0 N–H and O–H groups in total. The summed E-state index contributed by atoms with van der Waals surface area (Å²) in [6.45, 7) is 0. The minimum atomic E-state index is -1.45. The maximum absolute atomic E-state index is 12.2. The molecule has 0 radical (unpaired) electrons. The van der Waals surface area contributed by atoms with Crippen molar-refractivity contribution in [2.24, 2.45) is 5.10 Å². The van der Waals surface area contributed by atoms with Crippen molar-refractivity contribution in [2.75, 3.05) is 10.2 Å². The monoisotopic (exact) mass is 346 g/mol. The molecule has 9 nitrogen and oxygen atoms in total. The van der Waals surface area contributed by atoms with E-state index in [2.05, 4.69) is 5.10 Å². The van der Waals surface area contributed by atoms with E-state index in [1.165, 1.54) is 40.8 Å². The van der Waals surface area contributed by atoms with Crippen LogP contribution in [0.1, 0.15) is 5.56 Å². The Balaban J connectivity index is 1.87. The summed E-state index contributed by atoms with van der Waals surface area (Å²) in [5.74, 6) is 0.162. The molecule has 2 aromatic carbocycles. The van der Waals surface area contributed by atoms with Crippen LogP contribution in [0.5, 0.6) is 0 Å². The van der Waals surface area contributed by atoms with E-state index in [1.54, 1.807) is 12.1 Å². The summed E-state index contributed by atoms with van der Waals surface area (Å²) >= 11 is 0. The van der Waals surface area contributed by atoms with Crippen LogP contribution in [0.3, 0.4) is 0 Å². The fourth-order valence-electron chi connectivity index (χ4n) is 2.16. The lowest BCUT2D eigenvalue weighted by Crippen LogP contribution is -2.15. The number of hydrazone groups is 1. The van der Waals surface area contributed by atoms with Gasteiger partial charge in [0.15, 0.2) is 0 Å². The van der Waals surface area contributed by atoms with Gasteiger partial charge in [-0.2, -0.15) is 9.52 Å². The van der Waals surface area contributed by atoms with E-state index in [-0.39, 0.29) is 17.1 Å². The van der Waals surface area contributed by atoms with Crippen molar-refractivity contribution in [2.45, 2.75) is 0 Å². The van der Waals surface area contributed by atoms with E-state index in [4.69, 9.17) is 0 Å². The summed E-state index contributed by atoms with van der Waals surface area (Å²) in [7, 11) is -1.45. The first-order chi connectivity index (χ1) is 11.5. The van der Waals surface area contributed by atoms with Crippen LogP contribution >= 0.6 is 0 Å². The third-order valence-electron chi connectivity index (χ3n) is 3.36. The number of hydrogen-bond donors (Lipinski definition) is 0. The predicted octanol–water partition coefficient (Wildman–Crippen LogP) is 2.39. The van der Waals surface area contributed by atoms with Gasteiger partial charge in [0, 0.05) is 24.3 Å². The number of hydrogen-bond acceptors (Lipinski definition) is 6. The third kappa shape index (κ3) is 2.99. The van der Waals surface area contributed by atoms with Crippen LogP contribution in [0.15, 0.2) is 53.6 Å². The van der Waals surface area contributed by atoms with Gasteiger partial charge in [-0.25, -0.2) is 4.21 Å². The summed E-state index contributed by atoms with van der Waals surface area (Å²) < 4.78 is 13.5. The summed E-state index contributed by atoms with van der Waals surface area (Å²) in [5.41, 5.74) is 1.53. The molecule has 24 heavy (non-hydrogen) atoms. The van der Waals surface area contributed by atoms with Crippen molar-refractivity contribution in [3.05, 3.63) is 74.3 Å². The molecular weight excluding hydrogens is 336 g/mol. The van der Waals surface area contributed by atoms with Gasteiger partial charge in [0.2, 0.25) is 0 Å². The van der Waals surface area contributed by atoms with Crippen molar-refractivity contribution in [3.8, 4) is 0 Å². The Morgan fingerprint density at radius 2 is 1.42 bits per heavy atom. The van der Waals surface area contributed by atoms with Crippen LogP contribution in [0.2, 0.25) is 0 Å². The van der Waals surface area contributed by atoms with E-state index in [0.29, 0.717) is 17.0 Å². The molecule has 2 aromatic rings. The Hall–Kier alpha value is -3.14. The van der Waals surface area contributed by atoms with Crippen LogP contribution in [0.4, 0.5) is 17.1 Å². The number of non-ortho nitro benzene ring substituents is 2. The smallest absolute Gasteiger partial charge is 0.258 e. The van der Waals surface area contributed by atoms with E-state index in [1.807, 2.05) is 0 Å². The Bertz CT molecular complexity index is 864. The van der Waals surface area contributed by atoms with Gasteiger partial charge in [-0.1, -0.05) is 0 Å². The summed E-state index contributed by atoms with van der Waals surface area (Å²) in [4.78, 5) is 20.3. The number of benzene rings is 2. The van der Waals surface area contributed by atoms with Crippen molar-refractivity contribution >= 4 is 33.8 Å². The first-order valence-electron chi connectivity index (χ1n) is 6.71. The van der Waals surface area contributed by atoms with Crippen molar-refractivity contribution in [1.29, 1.82) is 0 Å². The van der Waals surface area contributed by atoms with Crippen molar-refractivity contribution in [3.63, 3.8) is 0 Å². The summed E-state index contributed by atoms with van der Waals surface area (Å²) in [5, 5.41) is 25.6. The molecule has 0 amide bonds. The zero-order valence-corrected chi connectivity index (χ0v) is 12.9. The van der Waals surface area contributed by atoms with Gasteiger partial charge < -0.3 is 0 Å². The molecule has 122 valence electrons. The lowest BCUT2D eigenvalue weighted by molar-refractivity contribution is -0.385. The first-order valence-corrected chi connectivity index (χ1v) is 7.98. The van der Waals surface area contributed by atoms with E-state index >= 15 is 0 Å². The number of anilines is 1. The molecule has 0 unspecified atom stereocenters. The van der Waals surface area contributed by atoms with Gasteiger partial charge in [0.1, 0.15) is 11.0 Å². The molecule has 1 heterocycles. The molecule has 0 spiro atoms. The molecule has 1 aliphatic heterocycles. The standard InChI is InChI=1S/C14H10N4O5S/c19-17(20)12-3-1-10(2-4-12)14-9-24(23)16(15-14)11-5-7-13(8-6-11)18(21)22/h1-8H,9H2/t24-/m1/s1. The van der Waals surface area contributed by atoms with E-state index in [0.717, 1.165) is 0 Å². The summed E-state index contributed by atoms with van der Waals surface area (Å²) in [6, 6.07) is 11.4. The minimum absolute atomic E-state index is 0.0364. The fourth-order valence-corrected chi connectivity index (χ4v) is 3.28. The SMILES string of the molecule is O=[N+]([O-])c1ccc(C2=NN(c3ccc([N+](=O)[O-])cc3)[S@](=O)C2)cc1. The van der Waals surface area contributed by atoms with Crippen molar-refractivity contribution in [1.82, 2.24) is 0 Å². The van der Waals surface area contributed by atoms with Crippen LogP contribution in [-0.2, 0) is 11.0 Å². The Kier molecular flexibility index (Phi) is 4.04. The first kappa shape index (κ1) is 15.7. The number of rotatable bonds is 4. The topological polar surface area (TPSA) is 119 Å². The molecule has 0 bridgehead atoms. The quantitative estimate of drug-likeness (QED) is 0.622. The predicted molar refractivity (Wildman–Crippen MR) is 88.2 cm³/mol. The maximum Gasteiger partial charge on any atom is 0.269 e. The number of nitro benzene ring substituents is 2. The second-order valence-corrected chi connectivity index (χ2v) is 6.14. The Morgan fingerprint density at radius 3 is 1.92 bits per heavy atom. The molecule has 10 heteroatoms. The highest BCUT2D eigenvalue weighted by Gasteiger charge is 2.25. The molecule has 0 saturated heterocycles. The molecule has 0 fully saturated rings. The van der Waals surface area contributed by atoms with Gasteiger partial charge in [0.05, 0.1) is 27.0 Å². The lowest BCUT2D eigenvalue weighted by atomic mass is 10.1. The van der Waals surface area contributed by atoms with Gasteiger partial charge in [-0.15, -0.1) is 0 Å². The fraction of sp³-hybridized carbons (Fsp3) is 0.0714. The number of nitro groups is 2. The Morgan fingerprint density at radius 1 is 0.917 bits per heavy atom. The lowest BCUT2D eigenvalue weighted by Gasteiger charge is -2.11. The Labute approximate surface area is 138 Å². The molecule has 0 saturated carbocycles. The average molecular weight is 346 g/mol. The zero-order valence-electron chi connectivity index (χ0n) is 12.1. The molecule has 1 atom stereocenters. The molecular formula is C14H10N4O5S.